The highest BCUT2D eigenvalue weighted by molar-refractivity contribution is 8.18. The summed E-state index contributed by atoms with van der Waals surface area (Å²) >= 11 is 2.76. The average Bonchev–Trinajstić information content (AvgIpc) is 3.21. The van der Waals surface area contributed by atoms with E-state index < -0.39 is 0 Å². The van der Waals surface area contributed by atoms with Gasteiger partial charge in [0.2, 0.25) is 5.13 Å². The van der Waals surface area contributed by atoms with Crippen LogP contribution in [0.25, 0.3) is 6.08 Å². The number of benzene rings is 1. The zero-order chi connectivity index (χ0) is 18.8. The zero-order valence-electron chi connectivity index (χ0n) is 15.0. The van der Waals surface area contributed by atoms with Crippen LogP contribution in [0, 0.1) is 6.92 Å². The van der Waals surface area contributed by atoms with Crippen LogP contribution in [0.3, 0.4) is 0 Å². The first-order valence-electron chi connectivity index (χ1n) is 9.02. The molecule has 0 atom stereocenters. The molecule has 1 amide bonds. The summed E-state index contributed by atoms with van der Waals surface area (Å²) in [5, 5.41) is 20.2. The Morgan fingerprint density at radius 3 is 2.70 bits per heavy atom. The molecule has 1 aromatic carbocycles. The largest absolute Gasteiger partial charge is 0.507 e. The number of rotatable bonds is 3. The van der Waals surface area contributed by atoms with E-state index in [1.54, 1.807) is 24.3 Å². The van der Waals surface area contributed by atoms with Gasteiger partial charge in [-0.3, -0.25) is 9.69 Å². The molecule has 2 aliphatic rings. The second kappa shape index (κ2) is 7.82. The first kappa shape index (κ1) is 18.2. The summed E-state index contributed by atoms with van der Waals surface area (Å²) in [4.78, 5) is 20.2. The van der Waals surface area contributed by atoms with Gasteiger partial charge >= 0.3 is 0 Å². The number of nitrogens with zero attached hydrogens (tertiary/aromatic N) is 4. The van der Waals surface area contributed by atoms with Gasteiger partial charge in [0.25, 0.3) is 5.91 Å². The Bertz CT molecular complexity index is 916. The average molecular weight is 401 g/mol. The maximum absolute atomic E-state index is 13.2. The fourth-order valence-electron chi connectivity index (χ4n) is 3.39. The van der Waals surface area contributed by atoms with Gasteiger partial charge in [0.15, 0.2) is 5.17 Å². The molecule has 1 aliphatic heterocycles. The van der Waals surface area contributed by atoms with E-state index in [9.17, 15) is 9.90 Å². The lowest BCUT2D eigenvalue weighted by molar-refractivity contribution is -0.124. The Kier molecular flexibility index (Phi) is 5.27. The molecule has 0 radical (unpaired) electrons. The van der Waals surface area contributed by atoms with Gasteiger partial charge in [0, 0.05) is 11.6 Å². The third kappa shape index (κ3) is 3.91. The van der Waals surface area contributed by atoms with Crippen LogP contribution in [-0.2, 0) is 4.79 Å². The highest BCUT2D eigenvalue weighted by atomic mass is 32.2. The monoisotopic (exact) mass is 400 g/mol. The quantitative estimate of drug-likeness (QED) is 0.768. The fraction of sp³-hybridized carbons (Fsp3) is 0.368. The van der Waals surface area contributed by atoms with Crippen molar-refractivity contribution in [3.63, 3.8) is 0 Å². The van der Waals surface area contributed by atoms with Crippen molar-refractivity contribution in [1.82, 2.24) is 15.1 Å². The number of aliphatic imine (C=N–C) groups is 1. The predicted octanol–water partition coefficient (Wildman–Crippen LogP) is 4.49. The third-order valence-electron chi connectivity index (χ3n) is 4.71. The smallest absolute Gasteiger partial charge is 0.267 e. The van der Waals surface area contributed by atoms with Crippen LogP contribution in [0.5, 0.6) is 5.75 Å². The highest BCUT2D eigenvalue weighted by Crippen LogP contribution is 2.39. The van der Waals surface area contributed by atoms with Gasteiger partial charge in [0.1, 0.15) is 10.8 Å². The van der Waals surface area contributed by atoms with Crippen molar-refractivity contribution in [3.05, 3.63) is 39.7 Å². The number of hydrogen-bond acceptors (Lipinski definition) is 7. The Morgan fingerprint density at radius 2 is 2.00 bits per heavy atom. The number of amidine groups is 1. The molecular weight excluding hydrogens is 380 g/mol. The van der Waals surface area contributed by atoms with E-state index in [4.69, 9.17) is 0 Å². The molecule has 2 heterocycles. The lowest BCUT2D eigenvalue weighted by Crippen LogP contribution is -2.40. The molecule has 4 rings (SSSR count). The molecule has 27 heavy (non-hydrogen) atoms. The van der Waals surface area contributed by atoms with E-state index in [0.29, 0.717) is 20.8 Å². The van der Waals surface area contributed by atoms with Crippen LogP contribution in [0.4, 0.5) is 5.13 Å². The molecule has 8 heteroatoms. The number of aromatic nitrogens is 2. The Balaban J connectivity index is 1.71. The number of thioether (sulfide) groups is 1. The number of para-hydroxylation sites is 1. The number of amides is 1. The summed E-state index contributed by atoms with van der Waals surface area (Å²) in [5.41, 5.74) is 0.630. The number of phenolic OH excluding ortho intramolecular Hbond substituents is 1. The lowest BCUT2D eigenvalue weighted by atomic mass is 9.94. The Morgan fingerprint density at radius 1 is 1.22 bits per heavy atom. The molecule has 140 valence electrons. The van der Waals surface area contributed by atoms with Crippen LogP contribution >= 0.6 is 23.1 Å². The maximum atomic E-state index is 13.2. The maximum Gasteiger partial charge on any atom is 0.267 e. The molecule has 0 unspecified atom stereocenters. The lowest BCUT2D eigenvalue weighted by Gasteiger charge is -2.30. The number of aryl methyl sites for hydroxylation is 1. The topological polar surface area (TPSA) is 78.7 Å². The molecule has 2 fully saturated rings. The van der Waals surface area contributed by atoms with Gasteiger partial charge in [-0.2, -0.15) is 4.99 Å². The van der Waals surface area contributed by atoms with Crippen LogP contribution in [0.2, 0.25) is 0 Å². The molecule has 6 nitrogen and oxygen atoms in total. The molecule has 1 aliphatic carbocycles. The normalized spacial score (nSPS) is 21.5. The van der Waals surface area contributed by atoms with Crippen LogP contribution in [-0.4, -0.2) is 37.3 Å². The Labute approximate surface area is 166 Å². The van der Waals surface area contributed by atoms with Crippen LogP contribution in [0.1, 0.15) is 42.7 Å². The van der Waals surface area contributed by atoms with Gasteiger partial charge in [-0.25, -0.2) is 0 Å². The summed E-state index contributed by atoms with van der Waals surface area (Å²) in [7, 11) is 0. The van der Waals surface area contributed by atoms with E-state index >= 15 is 0 Å². The van der Waals surface area contributed by atoms with E-state index in [0.717, 1.165) is 30.7 Å². The minimum absolute atomic E-state index is 0.0462. The van der Waals surface area contributed by atoms with Gasteiger partial charge in [-0.05, 0) is 43.7 Å². The van der Waals surface area contributed by atoms with Crippen LogP contribution in [0.15, 0.2) is 34.2 Å². The number of carbonyl (C=O) groups excluding carboxylic acids is 1. The molecule has 1 saturated heterocycles. The zero-order valence-corrected chi connectivity index (χ0v) is 16.6. The van der Waals surface area contributed by atoms with E-state index in [1.165, 1.54) is 29.5 Å². The van der Waals surface area contributed by atoms with E-state index in [-0.39, 0.29) is 17.7 Å². The van der Waals surface area contributed by atoms with Crippen molar-refractivity contribution in [1.29, 1.82) is 0 Å². The van der Waals surface area contributed by atoms with Crippen LogP contribution < -0.4 is 0 Å². The molecule has 1 N–H and O–H groups in total. The second-order valence-electron chi connectivity index (χ2n) is 6.63. The third-order valence-corrected chi connectivity index (χ3v) is 6.42. The summed E-state index contributed by atoms with van der Waals surface area (Å²) in [6.07, 6.45) is 7.20. The van der Waals surface area contributed by atoms with Gasteiger partial charge < -0.3 is 5.11 Å². The number of carbonyl (C=O) groups is 1. The van der Waals surface area contributed by atoms with Crippen molar-refractivity contribution >= 4 is 45.4 Å². The standard InChI is InChI=1S/C19H20N4O2S2/c1-12-21-22-18(26-12)20-19-23(14-8-3-2-4-9-14)17(25)16(27-19)11-13-7-5-6-10-15(13)24/h5-7,10-11,14,24H,2-4,8-9H2,1H3/b16-11-,20-19+. The Hall–Kier alpha value is -2.19. The fourth-order valence-corrected chi connectivity index (χ4v) is 5.04. The van der Waals surface area contributed by atoms with Crippen molar-refractivity contribution in [2.24, 2.45) is 4.99 Å². The number of hydrogen-bond donors (Lipinski definition) is 1. The molecule has 1 saturated carbocycles. The minimum atomic E-state index is -0.0462. The summed E-state index contributed by atoms with van der Waals surface area (Å²) in [5.74, 6) is 0.114. The van der Waals surface area contributed by atoms with Crippen molar-refractivity contribution in [2.45, 2.75) is 45.1 Å². The van der Waals surface area contributed by atoms with Gasteiger partial charge in [-0.1, -0.05) is 48.8 Å². The summed E-state index contributed by atoms with van der Waals surface area (Å²) in [6.45, 7) is 1.89. The molecule has 1 aromatic heterocycles. The first-order valence-corrected chi connectivity index (χ1v) is 10.6. The highest BCUT2D eigenvalue weighted by Gasteiger charge is 2.39. The van der Waals surface area contributed by atoms with Crippen molar-refractivity contribution < 1.29 is 9.90 Å². The molecular formula is C19H20N4O2S2. The van der Waals surface area contributed by atoms with Gasteiger partial charge in [0.05, 0.1) is 4.91 Å². The molecule has 2 aromatic rings. The predicted molar refractivity (Wildman–Crippen MR) is 109 cm³/mol. The summed E-state index contributed by atoms with van der Waals surface area (Å²) < 4.78 is 0. The molecule has 0 bridgehead atoms. The van der Waals surface area contributed by atoms with Gasteiger partial charge in [-0.15, -0.1) is 10.2 Å². The number of aromatic hydroxyl groups is 1. The SMILES string of the molecule is Cc1nnc(/N=C2/S/C(=C\c3ccccc3O)C(=O)N2C2CCCCC2)s1. The second-order valence-corrected chi connectivity index (χ2v) is 8.80. The number of phenols is 1. The van der Waals surface area contributed by atoms with E-state index in [2.05, 4.69) is 15.2 Å². The minimum Gasteiger partial charge on any atom is -0.507 e. The van der Waals surface area contributed by atoms with Crippen molar-refractivity contribution in [2.75, 3.05) is 0 Å². The summed E-state index contributed by atoms with van der Waals surface area (Å²) in [6, 6.07) is 7.19. The first-order chi connectivity index (χ1) is 13.1. The van der Waals surface area contributed by atoms with Crippen molar-refractivity contribution in [3.8, 4) is 5.75 Å². The molecule has 0 spiro atoms. The van der Waals surface area contributed by atoms with E-state index in [1.807, 2.05) is 17.9 Å².